The summed E-state index contributed by atoms with van der Waals surface area (Å²) in [6.07, 6.45) is 2.35. The van der Waals surface area contributed by atoms with Gasteiger partial charge in [-0.3, -0.25) is 0 Å². The first-order valence-electron chi connectivity index (χ1n) is 6.06. The molecule has 5 heteroatoms. The van der Waals surface area contributed by atoms with Crippen molar-refractivity contribution in [2.24, 2.45) is 5.41 Å². The van der Waals surface area contributed by atoms with Crippen LogP contribution in [0.5, 0.6) is 11.5 Å². The number of hydrogen-bond acceptors (Lipinski definition) is 4. The molecule has 1 fully saturated rings. The van der Waals surface area contributed by atoms with Gasteiger partial charge in [0.05, 0.1) is 25.3 Å². The van der Waals surface area contributed by atoms with Gasteiger partial charge in [-0.15, -0.1) is 0 Å². The number of nitrogens with one attached hydrogen (secondary N) is 1. The van der Waals surface area contributed by atoms with Gasteiger partial charge in [0.2, 0.25) is 0 Å². The monoisotopic (exact) mass is 269 g/mol. The summed E-state index contributed by atoms with van der Waals surface area (Å²) in [6.45, 7) is 2.00. The van der Waals surface area contributed by atoms with Crippen LogP contribution in [0, 0.1) is 5.41 Å². The van der Waals surface area contributed by atoms with Crippen molar-refractivity contribution in [3.05, 3.63) is 22.7 Å². The van der Waals surface area contributed by atoms with E-state index < -0.39 is 0 Å². The highest BCUT2D eigenvalue weighted by Crippen LogP contribution is 2.50. The molecule has 18 heavy (non-hydrogen) atoms. The van der Waals surface area contributed by atoms with E-state index >= 15 is 0 Å². The summed E-state index contributed by atoms with van der Waals surface area (Å²) in [5, 5.41) is 0.595. The molecule has 1 spiro atoms. The maximum absolute atomic E-state index is 6.24. The molecule has 1 aliphatic carbocycles. The normalized spacial score (nSPS) is 19.7. The Morgan fingerprint density at radius 3 is 2.83 bits per heavy atom. The molecular formula is C13H16ClNO3. The van der Waals surface area contributed by atoms with Gasteiger partial charge in [0.25, 0.3) is 0 Å². The second kappa shape index (κ2) is 4.61. The van der Waals surface area contributed by atoms with Gasteiger partial charge in [-0.25, -0.2) is 0 Å². The van der Waals surface area contributed by atoms with Crippen molar-refractivity contribution in [3.63, 3.8) is 0 Å². The standard InChI is InChI=1S/C13H16ClNO3/c1-16-15-6-9-4-10(14)12-11(5-9)17-7-13(2-3-13)8-18-12/h4-5,15H,2-3,6-8H2,1H3. The Morgan fingerprint density at radius 1 is 1.33 bits per heavy atom. The van der Waals surface area contributed by atoms with Crippen molar-refractivity contribution in [1.82, 2.24) is 5.48 Å². The van der Waals surface area contributed by atoms with E-state index in [0.717, 1.165) is 17.9 Å². The maximum Gasteiger partial charge on any atom is 0.179 e. The zero-order valence-corrected chi connectivity index (χ0v) is 11.0. The minimum Gasteiger partial charge on any atom is -0.489 e. The third kappa shape index (κ3) is 2.28. The Kier molecular flexibility index (Phi) is 3.09. The van der Waals surface area contributed by atoms with E-state index in [-0.39, 0.29) is 5.41 Å². The lowest BCUT2D eigenvalue weighted by molar-refractivity contribution is 0.0866. The van der Waals surface area contributed by atoms with E-state index in [2.05, 4.69) is 5.48 Å². The Labute approximate surface area is 111 Å². The summed E-state index contributed by atoms with van der Waals surface area (Å²) in [6, 6.07) is 3.83. The zero-order chi connectivity index (χ0) is 12.6. The molecule has 0 radical (unpaired) electrons. The Morgan fingerprint density at radius 2 is 2.11 bits per heavy atom. The molecule has 2 aliphatic rings. The summed E-state index contributed by atoms with van der Waals surface area (Å²) in [5.74, 6) is 1.40. The summed E-state index contributed by atoms with van der Waals surface area (Å²) in [4.78, 5) is 4.83. The van der Waals surface area contributed by atoms with Gasteiger partial charge in [-0.1, -0.05) is 11.6 Å². The van der Waals surface area contributed by atoms with E-state index in [1.54, 1.807) is 7.11 Å². The van der Waals surface area contributed by atoms with Crippen LogP contribution in [0.3, 0.4) is 0 Å². The second-order valence-corrected chi connectivity index (χ2v) is 5.41. The highest BCUT2D eigenvalue weighted by molar-refractivity contribution is 6.32. The van der Waals surface area contributed by atoms with Crippen LogP contribution in [0.15, 0.2) is 12.1 Å². The molecule has 3 rings (SSSR count). The van der Waals surface area contributed by atoms with Crippen LogP contribution >= 0.6 is 11.6 Å². The van der Waals surface area contributed by atoms with Crippen molar-refractivity contribution in [3.8, 4) is 11.5 Å². The van der Waals surface area contributed by atoms with Crippen molar-refractivity contribution in [1.29, 1.82) is 0 Å². The molecule has 1 saturated carbocycles. The first-order valence-corrected chi connectivity index (χ1v) is 6.44. The number of hydroxylamine groups is 1. The smallest absolute Gasteiger partial charge is 0.179 e. The molecule has 0 saturated heterocycles. The Bertz CT molecular complexity index is 460. The molecule has 1 N–H and O–H groups in total. The second-order valence-electron chi connectivity index (χ2n) is 5.01. The Balaban J connectivity index is 1.84. The fourth-order valence-corrected chi connectivity index (χ4v) is 2.38. The molecule has 1 aliphatic heterocycles. The molecule has 0 atom stereocenters. The van der Waals surface area contributed by atoms with Gasteiger partial charge in [0.15, 0.2) is 11.5 Å². The maximum atomic E-state index is 6.24. The van der Waals surface area contributed by atoms with Gasteiger partial charge in [-0.2, -0.15) is 5.48 Å². The number of ether oxygens (including phenoxy) is 2. The number of rotatable bonds is 3. The lowest BCUT2D eigenvalue weighted by atomic mass is 10.1. The molecule has 1 aromatic carbocycles. The minimum absolute atomic E-state index is 0.229. The largest absolute Gasteiger partial charge is 0.489 e. The molecule has 1 aromatic rings. The van der Waals surface area contributed by atoms with Crippen LogP contribution < -0.4 is 15.0 Å². The van der Waals surface area contributed by atoms with Crippen molar-refractivity contribution in [2.75, 3.05) is 20.3 Å². The fourth-order valence-electron chi connectivity index (χ4n) is 2.09. The van der Waals surface area contributed by atoms with Gasteiger partial charge in [0, 0.05) is 12.0 Å². The zero-order valence-electron chi connectivity index (χ0n) is 10.3. The average Bonchev–Trinajstić information content (AvgIpc) is 3.15. The van der Waals surface area contributed by atoms with Crippen LogP contribution in [0.25, 0.3) is 0 Å². The summed E-state index contributed by atoms with van der Waals surface area (Å²) < 4.78 is 11.7. The van der Waals surface area contributed by atoms with Crippen molar-refractivity contribution in [2.45, 2.75) is 19.4 Å². The summed E-state index contributed by atoms with van der Waals surface area (Å²) in [5.41, 5.74) is 4.03. The highest BCUT2D eigenvalue weighted by Gasteiger charge is 2.46. The summed E-state index contributed by atoms with van der Waals surface area (Å²) >= 11 is 6.24. The summed E-state index contributed by atoms with van der Waals surface area (Å²) in [7, 11) is 1.58. The van der Waals surface area contributed by atoms with E-state index in [9.17, 15) is 0 Å². The SMILES string of the molecule is CONCc1cc(Cl)c2c(c1)OCC1(CC1)CO2. The van der Waals surface area contributed by atoms with Gasteiger partial charge in [0.1, 0.15) is 0 Å². The fraction of sp³-hybridized carbons (Fsp3) is 0.538. The first-order chi connectivity index (χ1) is 8.72. The molecule has 0 bridgehead atoms. The molecule has 0 amide bonds. The highest BCUT2D eigenvalue weighted by atomic mass is 35.5. The predicted molar refractivity (Wildman–Crippen MR) is 68.0 cm³/mol. The molecule has 0 unspecified atom stereocenters. The lowest BCUT2D eigenvalue weighted by Gasteiger charge is -2.11. The quantitative estimate of drug-likeness (QED) is 0.856. The minimum atomic E-state index is 0.229. The van der Waals surface area contributed by atoms with E-state index in [1.165, 1.54) is 12.8 Å². The van der Waals surface area contributed by atoms with Crippen LogP contribution in [-0.4, -0.2) is 20.3 Å². The third-order valence-electron chi connectivity index (χ3n) is 3.50. The van der Waals surface area contributed by atoms with E-state index in [1.807, 2.05) is 12.1 Å². The number of fused-ring (bicyclic) bond motifs is 1. The van der Waals surface area contributed by atoms with Crippen LogP contribution in [-0.2, 0) is 11.4 Å². The number of halogens is 1. The van der Waals surface area contributed by atoms with Gasteiger partial charge >= 0.3 is 0 Å². The molecular weight excluding hydrogens is 254 g/mol. The molecule has 0 aromatic heterocycles. The predicted octanol–water partition coefficient (Wildman–Crippen LogP) is 2.54. The van der Waals surface area contributed by atoms with Crippen LogP contribution in [0.4, 0.5) is 0 Å². The molecule has 98 valence electrons. The lowest BCUT2D eigenvalue weighted by Crippen LogP contribution is -2.17. The topological polar surface area (TPSA) is 39.7 Å². The number of benzene rings is 1. The van der Waals surface area contributed by atoms with E-state index in [4.69, 9.17) is 25.9 Å². The molecule has 1 heterocycles. The average molecular weight is 270 g/mol. The van der Waals surface area contributed by atoms with Gasteiger partial charge in [-0.05, 0) is 30.5 Å². The van der Waals surface area contributed by atoms with E-state index in [0.29, 0.717) is 23.9 Å². The van der Waals surface area contributed by atoms with Crippen LogP contribution in [0.2, 0.25) is 5.02 Å². The first kappa shape index (κ1) is 12.1. The Hall–Kier alpha value is -0.970. The third-order valence-corrected chi connectivity index (χ3v) is 3.78. The number of hydrogen-bond donors (Lipinski definition) is 1. The molecule has 4 nitrogen and oxygen atoms in total. The van der Waals surface area contributed by atoms with Crippen LogP contribution in [0.1, 0.15) is 18.4 Å². The van der Waals surface area contributed by atoms with Crippen molar-refractivity contribution < 1.29 is 14.3 Å². The van der Waals surface area contributed by atoms with Gasteiger partial charge < -0.3 is 14.3 Å². The van der Waals surface area contributed by atoms with Crippen molar-refractivity contribution >= 4 is 11.6 Å².